The molecule has 0 aliphatic carbocycles. The van der Waals surface area contributed by atoms with Crippen LogP contribution in [0, 0.1) is 0 Å². The molecule has 34 heteroatoms. The van der Waals surface area contributed by atoms with Gasteiger partial charge in [-0.25, -0.2) is 29.3 Å². The van der Waals surface area contributed by atoms with Crippen molar-refractivity contribution in [2.24, 2.45) is 0 Å². The first-order chi connectivity index (χ1) is 47.9. The van der Waals surface area contributed by atoms with Crippen LogP contribution in [0.25, 0.3) is 101 Å². The Balaban J connectivity index is 0.000000163. The number of aromatic nitrogens is 3. The second kappa shape index (κ2) is 32.7. The van der Waals surface area contributed by atoms with Gasteiger partial charge in [-0.15, -0.1) is 0 Å². The van der Waals surface area contributed by atoms with E-state index in [1.165, 1.54) is 42.5 Å². The molecule has 522 valence electrons. The maximum Gasteiger partial charge on any atom is 0.349 e. The van der Waals surface area contributed by atoms with Gasteiger partial charge in [0.1, 0.15) is 54.9 Å². The third kappa shape index (κ3) is 19.3. The second-order valence-corrected chi connectivity index (χ2v) is 25.5. The molecule has 0 radical (unpaired) electrons. The number of hydrogen-bond acceptors (Lipinski definition) is 24. The molecule has 30 nitrogen and oxygen atoms in total. The Labute approximate surface area is 574 Å². The Morgan fingerprint density at radius 1 is 0.430 bits per heavy atom. The molecule has 12 rings (SSSR count). The van der Waals surface area contributed by atoms with Gasteiger partial charge in [-0.1, -0.05) is 30.9 Å². The van der Waals surface area contributed by atoms with Crippen molar-refractivity contribution < 1.29 is 86.7 Å². The van der Waals surface area contributed by atoms with E-state index < -0.39 is 72.3 Å². The maximum absolute atomic E-state index is 12.7. The van der Waals surface area contributed by atoms with Gasteiger partial charge in [-0.3, -0.25) is 27.4 Å². The SMILES string of the molecule is O=C(O)CCCCCNc1cc2oc(=O)c(-c3nc4cc(NS(=O)[O-])ccc4o3)cc2cc1S(=O)(=O)O.O=C(O)CCCCCNc1ccc2cc(-c3nc4cc(Cl)ccc4o3)c(=O)oc2c1.O=C(O)CCCCCNc1ccc2cc(-c3nc4cc(NS(=O)[O-])ccc4o3)c(=O)oc2c1. The number of carboxylic acid groups (broad SMARTS) is 3. The van der Waals surface area contributed by atoms with E-state index in [1.54, 1.807) is 48.5 Å². The monoisotopic (exact) mass is 1450 g/mol. The summed E-state index contributed by atoms with van der Waals surface area (Å²) in [5.41, 5.74) is 3.80. The largest absolute Gasteiger partial charge is 0.755 e. The Bertz CT molecular complexity index is 5400. The summed E-state index contributed by atoms with van der Waals surface area (Å²) in [6.45, 7) is 1.67. The second-order valence-electron chi connectivity index (χ2n) is 22.3. The topological polar surface area (TPSA) is 475 Å². The van der Waals surface area contributed by atoms with Gasteiger partial charge < -0.3 is 76.3 Å². The minimum atomic E-state index is -4.66. The van der Waals surface area contributed by atoms with E-state index in [0.29, 0.717) is 94.7 Å². The number of nitrogens with one attached hydrogen (secondary N) is 5. The van der Waals surface area contributed by atoms with Gasteiger partial charge in [-0.05, 0) is 142 Å². The quantitative estimate of drug-likeness (QED) is 0.00910. The zero-order chi connectivity index (χ0) is 71.2. The molecule has 0 fully saturated rings. The van der Waals surface area contributed by atoms with Crippen molar-refractivity contribution in [3.8, 4) is 34.4 Å². The first-order valence-corrected chi connectivity index (χ1v) is 34.6. The Morgan fingerprint density at radius 3 is 1.20 bits per heavy atom. The molecule has 0 saturated carbocycles. The van der Waals surface area contributed by atoms with Crippen LogP contribution >= 0.6 is 11.6 Å². The molecule has 2 atom stereocenters. The number of carboxylic acids is 3. The van der Waals surface area contributed by atoms with Crippen molar-refractivity contribution in [2.45, 2.75) is 81.9 Å². The van der Waals surface area contributed by atoms with Gasteiger partial charge in [0.05, 0.1) is 5.69 Å². The van der Waals surface area contributed by atoms with Gasteiger partial charge in [0.2, 0.25) is 17.7 Å². The van der Waals surface area contributed by atoms with E-state index in [0.717, 1.165) is 48.5 Å². The fraction of sp³-hybridized carbons (Fsp3) is 0.227. The van der Waals surface area contributed by atoms with Crippen LogP contribution in [0.1, 0.15) is 77.0 Å². The van der Waals surface area contributed by atoms with Gasteiger partial charge in [-0.2, -0.15) is 8.42 Å². The average molecular weight is 1450 g/mol. The zero-order valence-electron chi connectivity index (χ0n) is 52.2. The number of aliphatic carboxylic acids is 3. The summed E-state index contributed by atoms with van der Waals surface area (Å²) in [6.07, 6.45) is 6.60. The van der Waals surface area contributed by atoms with Crippen LogP contribution in [0.15, 0.2) is 167 Å². The van der Waals surface area contributed by atoms with Gasteiger partial charge in [0.15, 0.2) is 16.7 Å². The number of unbranched alkanes of at least 4 members (excludes halogenated alkanes) is 6. The van der Waals surface area contributed by atoms with Crippen LogP contribution in [-0.4, -0.2) is 98.3 Å². The van der Waals surface area contributed by atoms with Crippen molar-refractivity contribution >= 4 is 157 Å². The normalized spacial score (nSPS) is 12.0. The summed E-state index contributed by atoms with van der Waals surface area (Å²) >= 11 is 0.969. The van der Waals surface area contributed by atoms with Crippen LogP contribution < -0.4 is 42.3 Å². The lowest BCUT2D eigenvalue weighted by Crippen LogP contribution is -2.09. The lowest BCUT2D eigenvalue weighted by molar-refractivity contribution is -0.138. The third-order valence-corrected chi connectivity index (χ3v) is 16.9. The van der Waals surface area contributed by atoms with E-state index in [9.17, 15) is 59.3 Å². The molecule has 0 aliphatic rings. The highest BCUT2D eigenvalue weighted by atomic mass is 35.5. The van der Waals surface area contributed by atoms with E-state index in [4.69, 9.17) is 53.4 Å². The minimum Gasteiger partial charge on any atom is -0.755 e. The van der Waals surface area contributed by atoms with Crippen LogP contribution in [0.4, 0.5) is 28.4 Å². The van der Waals surface area contributed by atoms with Gasteiger partial charge in [0.25, 0.3) is 10.1 Å². The number of oxazole rings is 3. The van der Waals surface area contributed by atoms with E-state index in [1.807, 2.05) is 24.3 Å². The number of hydrogen-bond donors (Lipinski definition) is 9. The highest BCUT2D eigenvalue weighted by Crippen LogP contribution is 2.33. The summed E-state index contributed by atoms with van der Waals surface area (Å²) in [5, 5.41) is 37.5. The molecule has 100 heavy (non-hydrogen) atoms. The zero-order valence-corrected chi connectivity index (χ0v) is 55.4. The Hall–Kier alpha value is -10.8. The molecule has 2 unspecified atom stereocenters. The average Bonchev–Trinajstić information content (AvgIpc) is 1.33. The molecule has 9 N–H and O–H groups in total. The van der Waals surface area contributed by atoms with Crippen LogP contribution in [-0.2, 0) is 47.0 Å². The molecule has 0 aliphatic heterocycles. The Morgan fingerprint density at radius 2 is 0.800 bits per heavy atom. The number of anilines is 5. The molecule has 6 aromatic heterocycles. The number of halogens is 1. The first-order valence-electron chi connectivity index (χ1n) is 30.6. The fourth-order valence-electron chi connectivity index (χ4n) is 10.2. The van der Waals surface area contributed by atoms with Crippen molar-refractivity contribution in [3.05, 3.63) is 158 Å². The van der Waals surface area contributed by atoms with E-state index >= 15 is 0 Å². The number of benzene rings is 6. The molecule has 6 heterocycles. The predicted molar refractivity (Wildman–Crippen MR) is 370 cm³/mol. The summed E-state index contributed by atoms with van der Waals surface area (Å²) in [7, 11) is -4.66. The third-order valence-electron chi connectivity index (χ3n) is 15.0. The minimum absolute atomic E-state index is 0.0155. The standard InChI is InChI=1S/C22H19ClN2O5.C22H21N3O10S2.C22H21N3O7S/c23-14-6-8-18-17(11-14)25-21(29-18)16-10-13-5-7-15(12-19(13)30-22(16)28)24-9-3-1-2-4-20(26)27;26-20(27)4-2-1-3-7-23-16-11-18-12(9-19(16)37(31,32)33)8-14(22(28)35-18)21-24-15-10-13(25-36(29)30)5-6-17(15)34-21;26-20(27)4-2-1-3-9-23-14-6-5-13-10-16(22(28)32-19(13)12-14)21-24-17-11-15(25-33(29)30)7-8-18(17)31-21/h5-8,10-12,24H,1-4,9H2,(H,26,27);5-6,8-11,23,25H,1-4,7H2,(H,26,27)(H,29,30)(H,31,32,33);5-8,10-12,23,25H,1-4,9H2,(H,26,27)(H,29,30)/p-2. The molecular weight excluding hydrogens is 1390 g/mol. The molecule has 0 spiro atoms. The van der Waals surface area contributed by atoms with Crippen molar-refractivity contribution in [1.29, 1.82) is 0 Å². The highest BCUT2D eigenvalue weighted by Gasteiger charge is 2.22. The summed E-state index contributed by atoms with van der Waals surface area (Å²) in [4.78, 5) is 81.8. The summed E-state index contributed by atoms with van der Waals surface area (Å²) in [6, 6.07) is 31.9. The first kappa shape index (κ1) is 71.9. The van der Waals surface area contributed by atoms with Crippen LogP contribution in [0.3, 0.4) is 0 Å². The molecule has 0 saturated heterocycles. The smallest absolute Gasteiger partial charge is 0.349 e. The van der Waals surface area contributed by atoms with Crippen LogP contribution in [0.2, 0.25) is 5.02 Å². The van der Waals surface area contributed by atoms with Crippen LogP contribution in [0.5, 0.6) is 0 Å². The molecule has 0 bridgehead atoms. The van der Waals surface area contributed by atoms with Crippen molar-refractivity contribution in [1.82, 2.24) is 15.0 Å². The Kier molecular flexibility index (Phi) is 23.5. The lowest BCUT2D eigenvalue weighted by Gasteiger charge is -2.11. The number of nitrogens with zero attached hydrogens (tertiary/aromatic N) is 3. The molecule has 6 aromatic carbocycles. The van der Waals surface area contributed by atoms with Gasteiger partial charge in [0, 0.05) is 124 Å². The summed E-state index contributed by atoms with van der Waals surface area (Å²) < 4.78 is 115. The van der Waals surface area contributed by atoms with E-state index in [-0.39, 0.29) is 93.6 Å². The predicted octanol–water partition coefficient (Wildman–Crippen LogP) is 12.3. The van der Waals surface area contributed by atoms with Crippen molar-refractivity contribution in [2.75, 3.05) is 45.0 Å². The maximum atomic E-state index is 12.7. The summed E-state index contributed by atoms with van der Waals surface area (Å²) in [5.74, 6) is -2.34. The number of fused-ring (bicyclic) bond motifs is 6. The highest BCUT2D eigenvalue weighted by molar-refractivity contribution is 7.86. The van der Waals surface area contributed by atoms with Crippen molar-refractivity contribution in [3.63, 3.8) is 0 Å². The number of rotatable bonds is 29. The lowest BCUT2D eigenvalue weighted by atomic mass is 10.1. The van der Waals surface area contributed by atoms with Gasteiger partial charge >= 0.3 is 34.8 Å². The number of carbonyl (C=O) groups is 3. The fourth-order valence-corrected chi connectivity index (χ4v) is 11.7. The molecule has 0 amide bonds. The molecular formula is C66H59ClN8O22S3-2. The molecule has 12 aromatic rings. The van der Waals surface area contributed by atoms with E-state index in [2.05, 4.69) is 40.3 Å².